The van der Waals surface area contributed by atoms with E-state index in [-0.39, 0.29) is 28.1 Å². The molecule has 0 fully saturated rings. The van der Waals surface area contributed by atoms with Crippen LogP contribution < -0.4 is 11.1 Å². The first-order valence-electron chi connectivity index (χ1n) is 9.69. The summed E-state index contributed by atoms with van der Waals surface area (Å²) >= 11 is 0. The van der Waals surface area contributed by atoms with E-state index in [2.05, 4.69) is 15.3 Å². The largest absolute Gasteiger partial charge is 0.298 e. The van der Waals surface area contributed by atoms with Gasteiger partial charge in [-0.25, -0.2) is 4.39 Å². The van der Waals surface area contributed by atoms with Gasteiger partial charge in [-0.2, -0.15) is 0 Å². The van der Waals surface area contributed by atoms with Crippen LogP contribution in [0.15, 0.2) is 70.3 Å². The van der Waals surface area contributed by atoms with Crippen LogP contribution >= 0.6 is 0 Å². The molecule has 13 heteroatoms. The van der Waals surface area contributed by atoms with E-state index in [1.54, 1.807) is 16.8 Å². The van der Waals surface area contributed by atoms with Crippen LogP contribution in [0.3, 0.4) is 0 Å². The van der Waals surface area contributed by atoms with E-state index >= 15 is 0 Å². The van der Waals surface area contributed by atoms with E-state index in [1.165, 1.54) is 48.5 Å². The molecule has 0 saturated carbocycles. The number of aromatic nitrogens is 4. The van der Waals surface area contributed by atoms with E-state index < -0.39 is 15.4 Å². The number of nitro groups is 2. The number of hydrogen-bond donors (Lipinski definition) is 3. The smallest absolute Gasteiger partial charge is 0.272 e. The first kappa shape index (κ1) is 22.1. The third kappa shape index (κ3) is 4.43. The van der Waals surface area contributed by atoms with E-state index in [0.717, 1.165) is 5.56 Å². The maximum absolute atomic E-state index is 12.9. The number of hydrogen-bond acceptors (Lipinski definition) is 6. The summed E-state index contributed by atoms with van der Waals surface area (Å²) in [5, 5.41) is 29.2. The number of nitrogens with one attached hydrogen (secondary N) is 3. The zero-order chi connectivity index (χ0) is 24.4. The van der Waals surface area contributed by atoms with Gasteiger partial charge in [0.2, 0.25) is 0 Å². The van der Waals surface area contributed by atoms with Crippen LogP contribution in [0.5, 0.6) is 0 Å². The van der Waals surface area contributed by atoms with Crippen LogP contribution in [-0.4, -0.2) is 29.8 Å². The lowest BCUT2D eigenvalue weighted by Gasteiger charge is -2.04. The fourth-order valence-electron chi connectivity index (χ4n) is 3.33. The fourth-order valence-corrected chi connectivity index (χ4v) is 3.33. The van der Waals surface area contributed by atoms with Crippen molar-refractivity contribution in [3.05, 3.63) is 113 Å². The summed E-state index contributed by atoms with van der Waals surface area (Å²) in [6.07, 6.45) is 0. The summed E-state index contributed by atoms with van der Waals surface area (Å²) in [7, 11) is 0. The Balaban J connectivity index is 0.000000180. The predicted octanol–water partition coefficient (Wildman–Crippen LogP) is 3.19. The maximum atomic E-state index is 12.9. The lowest BCUT2D eigenvalue weighted by Crippen LogP contribution is -2.06. The van der Waals surface area contributed by atoms with Gasteiger partial charge in [0.15, 0.2) is 0 Å². The molecular formula is C21H15FN6O6. The maximum Gasteiger partial charge on any atom is 0.272 e. The number of fused-ring (bicyclic) bond motifs is 2. The molecule has 3 aromatic carbocycles. The molecular weight excluding hydrogens is 451 g/mol. The van der Waals surface area contributed by atoms with Crippen molar-refractivity contribution in [1.82, 2.24) is 20.0 Å². The quantitative estimate of drug-likeness (QED) is 0.271. The van der Waals surface area contributed by atoms with Crippen LogP contribution in [0.4, 0.5) is 15.8 Å². The van der Waals surface area contributed by atoms with Crippen molar-refractivity contribution in [2.24, 2.45) is 0 Å². The molecule has 5 rings (SSSR count). The van der Waals surface area contributed by atoms with Crippen molar-refractivity contribution in [2.45, 2.75) is 6.54 Å². The zero-order valence-electron chi connectivity index (χ0n) is 17.1. The van der Waals surface area contributed by atoms with E-state index in [9.17, 15) is 34.2 Å². The average molecular weight is 466 g/mol. The van der Waals surface area contributed by atoms with Gasteiger partial charge in [-0.1, -0.05) is 12.1 Å². The summed E-state index contributed by atoms with van der Waals surface area (Å²) in [5.74, 6) is -0.333. The molecule has 0 amide bonds. The number of non-ortho nitro benzene ring substituents is 2. The van der Waals surface area contributed by atoms with Crippen molar-refractivity contribution >= 4 is 33.2 Å². The summed E-state index contributed by atoms with van der Waals surface area (Å²) in [6.45, 7) is 0.344. The van der Waals surface area contributed by atoms with Crippen molar-refractivity contribution in [1.29, 1.82) is 0 Å². The van der Waals surface area contributed by atoms with Gasteiger partial charge in [0.25, 0.3) is 22.5 Å². The second kappa shape index (κ2) is 8.82. The minimum atomic E-state index is -0.545. The lowest BCUT2D eigenvalue weighted by molar-refractivity contribution is -0.384. The van der Waals surface area contributed by atoms with Crippen LogP contribution in [0, 0.1) is 26.0 Å². The molecule has 34 heavy (non-hydrogen) atoms. The Kier molecular flexibility index (Phi) is 5.74. The molecule has 0 unspecified atom stereocenters. The van der Waals surface area contributed by atoms with Crippen LogP contribution in [0.2, 0.25) is 0 Å². The number of rotatable bonds is 4. The van der Waals surface area contributed by atoms with Crippen molar-refractivity contribution in [3.8, 4) is 0 Å². The molecule has 0 bridgehead atoms. The molecule has 5 aromatic rings. The Morgan fingerprint density at radius 3 is 2.06 bits per heavy atom. The van der Waals surface area contributed by atoms with Crippen LogP contribution in [0.25, 0.3) is 21.8 Å². The van der Waals surface area contributed by atoms with Gasteiger partial charge in [-0.15, -0.1) is 0 Å². The second-order valence-corrected chi connectivity index (χ2v) is 7.18. The predicted molar refractivity (Wildman–Crippen MR) is 120 cm³/mol. The SMILES string of the molecule is O=c1[nH][nH]c2ccc([N+](=O)[O-])cc12.O=c1[nH]n(Cc2ccc(F)cc2)c2ccc([N+](=O)[O-])cc12. The average Bonchev–Trinajstić information content (AvgIpc) is 3.34. The molecule has 172 valence electrons. The van der Waals surface area contributed by atoms with Crippen molar-refractivity contribution in [3.63, 3.8) is 0 Å². The van der Waals surface area contributed by atoms with E-state index in [1.807, 2.05) is 0 Å². The standard InChI is InChI=1S/C14H10FN3O3.C7H5N3O3/c15-10-3-1-9(2-4-10)8-17-13-6-5-11(18(20)21)7-12(13)14(19)16-17;11-7-5-3-4(10(12)13)1-2-6(5)8-9-7/h1-7H,8H2,(H,16,19);1-3H,(H2,8,9,11). The van der Waals surface area contributed by atoms with Gasteiger partial charge < -0.3 is 0 Å². The molecule has 0 radical (unpaired) electrons. The number of halogens is 1. The van der Waals surface area contributed by atoms with E-state index in [0.29, 0.717) is 23.0 Å². The Morgan fingerprint density at radius 1 is 0.794 bits per heavy atom. The third-order valence-corrected chi connectivity index (χ3v) is 4.99. The number of nitrogens with zero attached hydrogens (tertiary/aromatic N) is 3. The van der Waals surface area contributed by atoms with Crippen molar-refractivity contribution < 1.29 is 14.2 Å². The van der Waals surface area contributed by atoms with Gasteiger partial charge in [0, 0.05) is 24.3 Å². The molecule has 0 aliphatic heterocycles. The van der Waals surface area contributed by atoms with Crippen LogP contribution in [0.1, 0.15) is 5.56 Å². The highest BCUT2D eigenvalue weighted by atomic mass is 19.1. The normalized spacial score (nSPS) is 10.7. The fraction of sp³-hybridized carbons (Fsp3) is 0.0476. The zero-order valence-corrected chi connectivity index (χ0v) is 17.1. The van der Waals surface area contributed by atoms with Gasteiger partial charge in [-0.3, -0.25) is 49.8 Å². The highest BCUT2D eigenvalue weighted by Crippen LogP contribution is 2.19. The molecule has 2 heterocycles. The number of H-pyrrole nitrogens is 3. The van der Waals surface area contributed by atoms with E-state index in [4.69, 9.17) is 0 Å². The van der Waals surface area contributed by atoms with Gasteiger partial charge in [-0.05, 0) is 29.8 Å². The third-order valence-electron chi connectivity index (χ3n) is 4.99. The van der Waals surface area contributed by atoms with Gasteiger partial charge in [0.1, 0.15) is 5.82 Å². The lowest BCUT2D eigenvalue weighted by atomic mass is 10.2. The van der Waals surface area contributed by atoms with Gasteiger partial charge in [0.05, 0.1) is 38.2 Å². The number of nitro benzene ring substituents is 2. The molecule has 3 N–H and O–H groups in total. The minimum Gasteiger partial charge on any atom is -0.298 e. The Labute approximate surface area is 187 Å². The molecule has 0 saturated heterocycles. The molecule has 0 aliphatic carbocycles. The highest BCUT2D eigenvalue weighted by molar-refractivity contribution is 5.81. The highest BCUT2D eigenvalue weighted by Gasteiger charge is 2.13. The van der Waals surface area contributed by atoms with Crippen molar-refractivity contribution in [2.75, 3.05) is 0 Å². The second-order valence-electron chi connectivity index (χ2n) is 7.18. The summed E-state index contributed by atoms with van der Waals surface area (Å²) in [6, 6.07) is 14.1. The first-order valence-corrected chi connectivity index (χ1v) is 9.69. The summed E-state index contributed by atoms with van der Waals surface area (Å²) in [5.41, 5.74) is 0.980. The minimum absolute atomic E-state index is 0.0856. The molecule has 0 atom stereocenters. The number of benzene rings is 3. The molecule has 2 aromatic heterocycles. The summed E-state index contributed by atoms with van der Waals surface area (Å²) in [4.78, 5) is 42.9. The monoisotopic (exact) mass is 466 g/mol. The Hall–Kier alpha value is -5.07. The molecule has 0 aliphatic rings. The molecule has 0 spiro atoms. The molecule has 12 nitrogen and oxygen atoms in total. The Bertz CT molecular complexity index is 1650. The van der Waals surface area contributed by atoms with Crippen LogP contribution in [-0.2, 0) is 6.54 Å². The number of aromatic amines is 3. The summed E-state index contributed by atoms with van der Waals surface area (Å²) < 4.78 is 14.5. The van der Waals surface area contributed by atoms with Gasteiger partial charge >= 0.3 is 0 Å². The Morgan fingerprint density at radius 2 is 1.41 bits per heavy atom. The first-order chi connectivity index (χ1) is 16.2. The topological polar surface area (TPSA) is 173 Å².